The Balaban J connectivity index is 1.85. The average Bonchev–Trinajstić information content (AvgIpc) is 0.832. The van der Waals surface area contributed by atoms with Crippen LogP contribution in [0.3, 0.4) is 0 Å². The molecule has 0 aliphatic carbocycles. The largest absolute Gasteiger partial charge is 0.466 e. The molecule has 6 N–H and O–H groups in total. The Morgan fingerprint density at radius 1 is 0.383 bits per heavy atom. The van der Waals surface area contributed by atoms with E-state index in [0.29, 0.717) is 19.4 Å². The maximum Gasteiger partial charge on any atom is 0.305 e. The second kappa shape index (κ2) is 72.6. The summed E-state index contributed by atoms with van der Waals surface area (Å²) in [6.45, 7) is 4.41. The summed E-state index contributed by atoms with van der Waals surface area (Å²) in [4.78, 5) is 25.2. The number of nitrogens with one attached hydrogen (secondary N) is 1. The van der Waals surface area contributed by atoms with Crippen LogP contribution in [0.1, 0.15) is 444 Å². The first-order chi connectivity index (χ1) is 46.2. The highest BCUT2D eigenvalue weighted by Crippen LogP contribution is 2.24. The van der Waals surface area contributed by atoms with E-state index in [0.717, 1.165) is 51.4 Å². The highest BCUT2D eigenvalue weighted by Gasteiger charge is 2.44. The van der Waals surface area contributed by atoms with Gasteiger partial charge >= 0.3 is 5.97 Å². The molecule has 1 heterocycles. The highest BCUT2D eigenvalue weighted by molar-refractivity contribution is 5.76. The van der Waals surface area contributed by atoms with Gasteiger partial charge < -0.3 is 45.1 Å². The van der Waals surface area contributed by atoms with Crippen LogP contribution >= 0.6 is 0 Å². The molecule has 11 heteroatoms. The van der Waals surface area contributed by atoms with Crippen molar-refractivity contribution in [2.24, 2.45) is 0 Å². The zero-order chi connectivity index (χ0) is 67.9. The summed E-state index contributed by atoms with van der Waals surface area (Å²) in [6, 6.07) is -0.804. The molecule has 94 heavy (non-hydrogen) atoms. The van der Waals surface area contributed by atoms with Gasteiger partial charge in [-0.1, -0.05) is 411 Å². The standard InChI is InChI=1S/C83H161NO10/c1-3-5-7-9-11-13-15-17-43-47-51-55-59-63-67-71-79(88)92-72-68-64-60-56-52-48-45-42-40-38-36-34-32-30-28-26-24-22-20-18-19-21-23-25-27-29-31-33-35-37-39-41-44-46-50-54-58-62-66-70-78(87)84-75(74-93-83-82(91)81(90)80(89)77(73-85)94-83)76(86)69-65-61-57-53-49-16-14-12-10-8-6-4-2/h65,69,75-77,80-83,85-86,89-91H,3-64,66-68,70-74H2,1-2H3,(H,84,87)/b69-65+. The van der Waals surface area contributed by atoms with Crippen LogP contribution in [-0.4, -0.2) is 100 Å². The predicted molar refractivity (Wildman–Crippen MR) is 398 cm³/mol. The van der Waals surface area contributed by atoms with E-state index in [2.05, 4.69) is 19.2 Å². The van der Waals surface area contributed by atoms with Crippen LogP contribution in [0, 0.1) is 0 Å². The molecule has 0 aromatic carbocycles. The normalized spacial score (nSPS) is 17.4. The number of amides is 1. The lowest BCUT2D eigenvalue weighted by atomic mass is 9.99. The van der Waals surface area contributed by atoms with Crippen LogP contribution in [0.5, 0.6) is 0 Å². The molecule has 7 unspecified atom stereocenters. The van der Waals surface area contributed by atoms with E-state index in [4.69, 9.17) is 14.2 Å². The summed E-state index contributed by atoms with van der Waals surface area (Å²) in [5, 5.41) is 54.5. The second-order valence-corrected chi connectivity index (χ2v) is 29.6. The van der Waals surface area contributed by atoms with Crippen LogP contribution in [0.2, 0.25) is 0 Å². The molecule has 0 radical (unpaired) electrons. The van der Waals surface area contributed by atoms with Crippen molar-refractivity contribution in [2.45, 2.75) is 487 Å². The van der Waals surface area contributed by atoms with Crippen molar-refractivity contribution in [1.82, 2.24) is 5.32 Å². The van der Waals surface area contributed by atoms with Gasteiger partial charge in [0.2, 0.25) is 5.91 Å². The fourth-order valence-electron chi connectivity index (χ4n) is 13.9. The van der Waals surface area contributed by atoms with E-state index in [-0.39, 0.29) is 18.5 Å². The summed E-state index contributed by atoms with van der Waals surface area (Å²) in [6.07, 6.45) is 82.7. The van der Waals surface area contributed by atoms with Gasteiger partial charge in [0.15, 0.2) is 6.29 Å². The molecule has 0 aromatic heterocycles. The molecule has 0 aromatic rings. The van der Waals surface area contributed by atoms with Gasteiger partial charge in [0, 0.05) is 12.8 Å². The smallest absolute Gasteiger partial charge is 0.305 e. The zero-order valence-corrected chi connectivity index (χ0v) is 62.5. The molecule has 1 aliphatic heterocycles. The molecule has 0 spiro atoms. The number of carbonyl (C=O) groups is 2. The van der Waals surface area contributed by atoms with Gasteiger partial charge in [-0.2, -0.15) is 0 Å². The Bertz CT molecular complexity index is 1560. The minimum absolute atomic E-state index is 0.0225. The maximum absolute atomic E-state index is 13.1. The predicted octanol–water partition coefficient (Wildman–Crippen LogP) is 22.9. The van der Waals surface area contributed by atoms with Crippen molar-refractivity contribution in [2.75, 3.05) is 19.8 Å². The fourth-order valence-corrected chi connectivity index (χ4v) is 13.9. The number of unbranched alkanes of at least 4 members (excludes halogenated alkanes) is 62. The number of hydrogen-bond donors (Lipinski definition) is 6. The van der Waals surface area contributed by atoms with Crippen molar-refractivity contribution in [3.8, 4) is 0 Å². The van der Waals surface area contributed by atoms with Gasteiger partial charge in [-0.25, -0.2) is 0 Å². The molecule has 0 bridgehead atoms. The summed E-state index contributed by atoms with van der Waals surface area (Å²) in [5.74, 6) is -0.150. The van der Waals surface area contributed by atoms with Crippen LogP contribution in [-0.2, 0) is 23.8 Å². The first-order valence-electron chi connectivity index (χ1n) is 42.0. The van der Waals surface area contributed by atoms with Crippen molar-refractivity contribution in [1.29, 1.82) is 0 Å². The van der Waals surface area contributed by atoms with Crippen molar-refractivity contribution < 1.29 is 49.3 Å². The summed E-state index contributed by atoms with van der Waals surface area (Å²) in [5.41, 5.74) is 0. The first-order valence-corrected chi connectivity index (χ1v) is 42.0. The van der Waals surface area contributed by atoms with Crippen LogP contribution in [0.25, 0.3) is 0 Å². The van der Waals surface area contributed by atoms with Gasteiger partial charge in [0.25, 0.3) is 0 Å². The topological polar surface area (TPSA) is 175 Å². The fraction of sp³-hybridized carbons (Fsp3) is 0.952. The Hall–Kier alpha value is -1.60. The third-order valence-electron chi connectivity index (χ3n) is 20.4. The molecule has 558 valence electrons. The van der Waals surface area contributed by atoms with E-state index in [1.54, 1.807) is 6.08 Å². The summed E-state index contributed by atoms with van der Waals surface area (Å²) < 4.78 is 16.8. The molecular weight excluding hydrogens is 1170 g/mol. The van der Waals surface area contributed by atoms with Crippen molar-refractivity contribution >= 4 is 11.9 Å². The van der Waals surface area contributed by atoms with Gasteiger partial charge in [0.05, 0.1) is 32.0 Å². The molecule has 7 atom stereocenters. The minimum atomic E-state index is -1.57. The Kier molecular flexibility index (Phi) is 69.9. The van der Waals surface area contributed by atoms with E-state index in [1.807, 2.05) is 6.08 Å². The van der Waals surface area contributed by atoms with Crippen molar-refractivity contribution in [3.63, 3.8) is 0 Å². The molecule has 1 amide bonds. The monoisotopic (exact) mass is 1330 g/mol. The van der Waals surface area contributed by atoms with E-state index in [9.17, 15) is 35.1 Å². The molecule has 0 saturated carbocycles. The summed E-state index contributed by atoms with van der Waals surface area (Å²) in [7, 11) is 0. The van der Waals surface area contributed by atoms with E-state index >= 15 is 0 Å². The van der Waals surface area contributed by atoms with Crippen LogP contribution in [0.15, 0.2) is 12.2 Å². The molecule has 11 nitrogen and oxygen atoms in total. The number of carbonyl (C=O) groups excluding carboxylic acids is 2. The third kappa shape index (κ3) is 60.4. The van der Waals surface area contributed by atoms with Crippen molar-refractivity contribution in [3.05, 3.63) is 12.2 Å². The maximum atomic E-state index is 13.1. The van der Waals surface area contributed by atoms with Gasteiger partial charge in [-0.15, -0.1) is 0 Å². The lowest BCUT2D eigenvalue weighted by Crippen LogP contribution is -2.60. The summed E-state index contributed by atoms with van der Waals surface area (Å²) >= 11 is 0. The Morgan fingerprint density at radius 2 is 0.670 bits per heavy atom. The number of hydrogen-bond acceptors (Lipinski definition) is 10. The van der Waals surface area contributed by atoms with Gasteiger partial charge in [0.1, 0.15) is 24.4 Å². The average molecular weight is 1330 g/mol. The number of ether oxygens (including phenoxy) is 3. The lowest BCUT2D eigenvalue weighted by Gasteiger charge is -2.40. The lowest BCUT2D eigenvalue weighted by molar-refractivity contribution is -0.302. The van der Waals surface area contributed by atoms with Gasteiger partial charge in [-0.3, -0.25) is 9.59 Å². The molecular formula is C83H161NO10. The minimum Gasteiger partial charge on any atom is -0.466 e. The molecule has 1 saturated heterocycles. The van der Waals surface area contributed by atoms with Gasteiger partial charge in [-0.05, 0) is 32.1 Å². The number of aliphatic hydroxyl groups is 5. The van der Waals surface area contributed by atoms with E-state index < -0.39 is 49.5 Å². The van der Waals surface area contributed by atoms with Crippen LogP contribution < -0.4 is 5.32 Å². The van der Waals surface area contributed by atoms with E-state index in [1.165, 1.54) is 366 Å². The first kappa shape index (κ1) is 90.4. The second-order valence-electron chi connectivity index (χ2n) is 29.6. The quantitative estimate of drug-likeness (QED) is 0.0195. The third-order valence-corrected chi connectivity index (χ3v) is 20.4. The number of rotatable bonds is 76. The highest BCUT2D eigenvalue weighted by atomic mass is 16.7. The Morgan fingerprint density at radius 3 is 0.989 bits per heavy atom. The van der Waals surface area contributed by atoms with Crippen LogP contribution in [0.4, 0.5) is 0 Å². The molecule has 1 aliphatic rings. The number of allylic oxidation sites excluding steroid dienone is 1. The SMILES string of the molecule is CCCCCCCCCCCC/C=C/C(O)C(COC1OC(CO)C(O)C(O)C1O)NC(=O)CCCCCCCCCCCCCCCCCCCCCCCCCCCCCCCCCCCCCCCCCOC(=O)CCCCCCCCCCCCCCCCC. The Labute approximate surface area is 582 Å². The molecule has 1 rings (SSSR count). The molecule has 1 fully saturated rings. The number of aliphatic hydroxyl groups excluding tert-OH is 5. The number of esters is 1. The zero-order valence-electron chi connectivity index (χ0n) is 62.5.